The first kappa shape index (κ1) is 13.8. The first-order chi connectivity index (χ1) is 11.2. The molecule has 1 saturated carbocycles. The average molecular weight is 307 g/mol. The number of ether oxygens (including phenoxy) is 1. The molecule has 2 aromatic carbocycles. The Labute approximate surface area is 134 Å². The number of nitrogens with zero attached hydrogens (tertiary/aromatic N) is 1. The number of rotatable bonds is 3. The van der Waals surface area contributed by atoms with Crippen LogP contribution in [-0.2, 0) is 9.53 Å². The van der Waals surface area contributed by atoms with E-state index >= 15 is 0 Å². The van der Waals surface area contributed by atoms with Crippen molar-refractivity contribution in [2.75, 3.05) is 5.32 Å². The number of amides is 1. The van der Waals surface area contributed by atoms with Gasteiger partial charge in [0.2, 0.25) is 6.10 Å². The van der Waals surface area contributed by atoms with Crippen LogP contribution in [0.15, 0.2) is 53.5 Å². The molecule has 1 atom stereocenters. The van der Waals surface area contributed by atoms with Crippen LogP contribution in [0.4, 0.5) is 11.4 Å². The molecule has 0 aromatic heterocycles. The topological polar surface area (TPSA) is 76.7 Å². The number of aliphatic imine (C=N–C) groups is 1. The van der Waals surface area contributed by atoms with E-state index in [2.05, 4.69) is 22.4 Å². The van der Waals surface area contributed by atoms with Crippen molar-refractivity contribution in [2.45, 2.75) is 24.9 Å². The van der Waals surface area contributed by atoms with Crippen LogP contribution in [0.1, 0.15) is 36.0 Å². The van der Waals surface area contributed by atoms with E-state index < -0.39 is 12.0 Å². The molecule has 1 unspecified atom stereocenters. The van der Waals surface area contributed by atoms with Gasteiger partial charge in [-0.2, -0.15) is 4.99 Å². The highest BCUT2D eigenvalue weighted by atomic mass is 16.5. The summed E-state index contributed by atoms with van der Waals surface area (Å²) in [6.07, 6.45) is 1.67. The van der Waals surface area contributed by atoms with Gasteiger partial charge in [-0.05, 0) is 42.5 Å². The van der Waals surface area contributed by atoms with Crippen LogP contribution in [0, 0.1) is 0 Å². The summed E-state index contributed by atoms with van der Waals surface area (Å²) in [5, 5.41) is 3.15. The quantitative estimate of drug-likeness (QED) is 0.914. The van der Waals surface area contributed by atoms with Crippen LogP contribution in [-0.4, -0.2) is 11.9 Å². The number of anilines is 1. The predicted octanol–water partition coefficient (Wildman–Crippen LogP) is 3.22. The minimum atomic E-state index is -0.821. The number of nitrogens with two attached hydrogens (primary N) is 1. The number of fused-ring (bicyclic) bond motifs is 1. The molecule has 5 nitrogen and oxygen atoms in total. The van der Waals surface area contributed by atoms with Crippen molar-refractivity contribution in [3.05, 3.63) is 59.7 Å². The minimum Gasteiger partial charge on any atom is -0.446 e. The van der Waals surface area contributed by atoms with Crippen molar-refractivity contribution in [3.8, 4) is 0 Å². The Bertz CT molecular complexity index is 796. The number of nitrogens with one attached hydrogen (secondary N) is 1. The molecule has 1 heterocycles. The van der Waals surface area contributed by atoms with E-state index in [1.54, 1.807) is 6.07 Å². The number of amidine groups is 1. The van der Waals surface area contributed by atoms with Gasteiger partial charge in [0, 0.05) is 11.3 Å². The van der Waals surface area contributed by atoms with Crippen molar-refractivity contribution in [1.29, 1.82) is 0 Å². The van der Waals surface area contributed by atoms with Gasteiger partial charge in [0.15, 0.2) is 0 Å². The van der Waals surface area contributed by atoms with Crippen LogP contribution in [0.3, 0.4) is 0 Å². The fourth-order valence-electron chi connectivity index (χ4n) is 2.80. The van der Waals surface area contributed by atoms with Crippen LogP contribution in [0.25, 0.3) is 0 Å². The first-order valence-electron chi connectivity index (χ1n) is 7.71. The fraction of sp³-hybridized carbons (Fsp3) is 0.222. The molecule has 5 heteroatoms. The highest BCUT2D eigenvalue weighted by Gasteiger charge is 2.28. The highest BCUT2D eigenvalue weighted by Crippen LogP contribution is 2.40. The molecule has 0 saturated heterocycles. The molecule has 0 spiro atoms. The molecule has 1 aliphatic carbocycles. The van der Waals surface area contributed by atoms with Crippen LogP contribution < -0.4 is 11.1 Å². The van der Waals surface area contributed by atoms with Gasteiger partial charge in [0.05, 0.1) is 5.69 Å². The maximum atomic E-state index is 11.7. The van der Waals surface area contributed by atoms with Crippen molar-refractivity contribution >= 4 is 23.3 Å². The van der Waals surface area contributed by atoms with Gasteiger partial charge in [-0.15, -0.1) is 0 Å². The van der Waals surface area contributed by atoms with Crippen molar-refractivity contribution in [2.24, 2.45) is 10.7 Å². The van der Waals surface area contributed by atoms with Crippen molar-refractivity contribution in [1.82, 2.24) is 0 Å². The molecular weight excluding hydrogens is 290 g/mol. The van der Waals surface area contributed by atoms with E-state index in [4.69, 9.17) is 10.5 Å². The lowest BCUT2D eigenvalue weighted by atomic mass is 10.1. The van der Waals surface area contributed by atoms with E-state index in [0.717, 1.165) is 5.69 Å². The third-order valence-corrected chi connectivity index (χ3v) is 4.12. The number of benzene rings is 2. The zero-order valence-electron chi connectivity index (χ0n) is 12.5. The number of carbonyl (C=O) groups is 1. The largest absolute Gasteiger partial charge is 0.446 e. The Morgan fingerprint density at radius 2 is 2.00 bits per heavy atom. The summed E-state index contributed by atoms with van der Waals surface area (Å²) in [4.78, 5) is 16.1. The Kier molecular flexibility index (Phi) is 3.26. The van der Waals surface area contributed by atoms with E-state index in [-0.39, 0.29) is 0 Å². The zero-order chi connectivity index (χ0) is 15.8. The van der Waals surface area contributed by atoms with E-state index in [9.17, 15) is 4.79 Å². The van der Waals surface area contributed by atoms with Crippen LogP contribution in [0.2, 0.25) is 0 Å². The monoisotopic (exact) mass is 307 g/mol. The molecule has 0 bridgehead atoms. The molecule has 23 heavy (non-hydrogen) atoms. The molecule has 1 amide bonds. The summed E-state index contributed by atoms with van der Waals surface area (Å²) < 4.78 is 5.66. The molecule has 4 rings (SSSR count). The number of primary amides is 1. The number of hydrogen-bond acceptors (Lipinski definition) is 4. The van der Waals surface area contributed by atoms with Gasteiger partial charge in [-0.1, -0.05) is 30.3 Å². The summed E-state index contributed by atoms with van der Waals surface area (Å²) in [5.41, 5.74) is 9.07. The second-order valence-corrected chi connectivity index (χ2v) is 5.90. The normalized spacial score (nSPS) is 19.3. The number of hydrogen-bond donors (Lipinski definition) is 2. The smallest absolute Gasteiger partial charge is 0.295 e. The number of carbonyl (C=O) groups excluding carboxylic acids is 1. The van der Waals surface area contributed by atoms with E-state index in [0.29, 0.717) is 23.2 Å². The fourth-order valence-corrected chi connectivity index (χ4v) is 2.80. The van der Waals surface area contributed by atoms with E-state index in [1.165, 1.54) is 18.4 Å². The van der Waals surface area contributed by atoms with Gasteiger partial charge in [0.1, 0.15) is 0 Å². The summed E-state index contributed by atoms with van der Waals surface area (Å²) in [6, 6.07) is 15.9. The number of para-hydroxylation sites is 1. The molecular formula is C18H17N3O2. The summed E-state index contributed by atoms with van der Waals surface area (Å²) in [7, 11) is 0. The Balaban J connectivity index is 1.63. The standard InChI is InChI=1S/C18H17N3O2/c19-17(22)16-14-6-1-2-7-15(14)21-18(23-16)20-13-5-3-4-12(10-13)11-8-9-11/h1-7,10-11,16H,8-9H2,(H2,19,22)(H,20,21). The Hall–Kier alpha value is -2.82. The van der Waals surface area contributed by atoms with Gasteiger partial charge < -0.3 is 15.8 Å². The Morgan fingerprint density at radius 1 is 1.17 bits per heavy atom. The molecule has 1 aliphatic heterocycles. The highest BCUT2D eigenvalue weighted by molar-refractivity contribution is 5.96. The van der Waals surface area contributed by atoms with Crippen molar-refractivity contribution < 1.29 is 9.53 Å². The van der Waals surface area contributed by atoms with Crippen LogP contribution >= 0.6 is 0 Å². The average Bonchev–Trinajstić information content (AvgIpc) is 3.39. The maximum Gasteiger partial charge on any atom is 0.295 e. The third-order valence-electron chi connectivity index (χ3n) is 4.12. The molecule has 3 N–H and O–H groups in total. The SMILES string of the molecule is NC(=O)C1OC(Nc2cccc(C3CC3)c2)=Nc2ccccc21. The minimum absolute atomic E-state index is 0.292. The van der Waals surface area contributed by atoms with E-state index in [1.807, 2.05) is 30.3 Å². The Morgan fingerprint density at radius 3 is 2.78 bits per heavy atom. The summed E-state index contributed by atoms with van der Waals surface area (Å²) in [6.45, 7) is 0. The van der Waals surface area contributed by atoms with Gasteiger partial charge >= 0.3 is 0 Å². The van der Waals surface area contributed by atoms with Gasteiger partial charge in [-0.25, -0.2) is 0 Å². The lowest BCUT2D eigenvalue weighted by Gasteiger charge is -2.24. The second-order valence-electron chi connectivity index (χ2n) is 5.90. The third kappa shape index (κ3) is 2.77. The van der Waals surface area contributed by atoms with Crippen molar-refractivity contribution in [3.63, 3.8) is 0 Å². The zero-order valence-corrected chi connectivity index (χ0v) is 12.5. The molecule has 2 aliphatic rings. The molecule has 2 aromatic rings. The maximum absolute atomic E-state index is 11.7. The predicted molar refractivity (Wildman–Crippen MR) is 88.6 cm³/mol. The second kappa shape index (κ2) is 5.43. The lowest BCUT2D eigenvalue weighted by Crippen LogP contribution is -2.31. The summed E-state index contributed by atoms with van der Waals surface area (Å²) >= 11 is 0. The van der Waals surface area contributed by atoms with Crippen LogP contribution in [0.5, 0.6) is 0 Å². The van der Waals surface area contributed by atoms with Gasteiger partial charge in [-0.3, -0.25) is 4.79 Å². The molecule has 0 radical (unpaired) electrons. The molecule has 1 fully saturated rings. The first-order valence-corrected chi connectivity index (χ1v) is 7.71. The molecule has 116 valence electrons. The summed E-state index contributed by atoms with van der Waals surface area (Å²) in [5.74, 6) is 0.142. The lowest BCUT2D eigenvalue weighted by molar-refractivity contribution is -0.125. The van der Waals surface area contributed by atoms with Gasteiger partial charge in [0.25, 0.3) is 11.9 Å².